The number of aromatic nitrogens is 2. The summed E-state index contributed by atoms with van der Waals surface area (Å²) in [6.45, 7) is 4.17. The summed E-state index contributed by atoms with van der Waals surface area (Å²) in [5.74, 6) is -1.39. The monoisotopic (exact) mass is 736 g/mol. The summed E-state index contributed by atoms with van der Waals surface area (Å²) in [5.41, 5.74) is 7.70. The van der Waals surface area contributed by atoms with Crippen LogP contribution in [0.3, 0.4) is 0 Å². The summed E-state index contributed by atoms with van der Waals surface area (Å²) in [4.78, 5) is 6.76. The van der Waals surface area contributed by atoms with E-state index in [-0.39, 0.29) is 5.41 Å². The van der Waals surface area contributed by atoms with E-state index in [1.807, 2.05) is 54.6 Å². The van der Waals surface area contributed by atoms with Crippen LogP contribution in [-0.4, -0.2) is 17.5 Å². The Labute approximate surface area is 327 Å². The number of oxazole rings is 1. The number of benzene rings is 7. The van der Waals surface area contributed by atoms with Gasteiger partial charge in [0.2, 0.25) is 0 Å². The van der Waals surface area contributed by atoms with Crippen LogP contribution in [0.4, 0.5) is 0 Å². The Bertz CT molecular complexity index is 3000. The third kappa shape index (κ3) is 4.92. The number of hydrogen-bond donors (Lipinski definition) is 0. The second-order valence-corrected chi connectivity index (χ2v) is 19.9. The van der Waals surface area contributed by atoms with Gasteiger partial charge in [-0.15, -0.1) is 0 Å². The summed E-state index contributed by atoms with van der Waals surface area (Å²) < 4.78 is 44.9. The second kappa shape index (κ2) is 12.5. The molecule has 10 rings (SSSR count). The van der Waals surface area contributed by atoms with Gasteiger partial charge in [-0.05, 0) is 72.7 Å². The zero-order valence-electron chi connectivity index (χ0n) is 34.3. The van der Waals surface area contributed by atoms with Gasteiger partial charge in [-0.2, -0.15) is 4.98 Å². The smallest absolute Gasteiger partial charge is 0.307 e. The fourth-order valence-corrected chi connectivity index (χ4v) is 15.1. The van der Waals surface area contributed by atoms with Gasteiger partial charge >= 0.3 is 5.84 Å². The van der Waals surface area contributed by atoms with Crippen molar-refractivity contribution in [3.63, 3.8) is 0 Å². The Balaban J connectivity index is 1.29. The Morgan fingerprint density at radius 2 is 1.33 bits per heavy atom. The maximum Gasteiger partial charge on any atom is 0.307 e. The normalized spacial score (nSPS) is 17.1. The quantitative estimate of drug-likeness (QED) is 0.130. The number of rotatable bonds is 5. The number of hydrogen-bond acceptors (Lipinski definition) is 3. The molecule has 0 radical (unpaired) electrons. The van der Waals surface area contributed by atoms with Crippen molar-refractivity contribution in [3.8, 4) is 11.1 Å². The Morgan fingerprint density at radius 1 is 0.667 bits per heavy atom. The fraction of sp³-hybridized carbons (Fsp3) is 0.122. The second-order valence-electron chi connectivity index (χ2n) is 15.1. The van der Waals surface area contributed by atoms with E-state index in [1.165, 1.54) is 21.1 Å². The van der Waals surface area contributed by atoms with Crippen molar-refractivity contribution in [3.05, 3.63) is 180 Å². The lowest BCUT2D eigenvalue weighted by Crippen LogP contribution is -2.75. The molecule has 0 bridgehead atoms. The van der Waals surface area contributed by atoms with Crippen molar-refractivity contribution in [2.45, 2.75) is 48.7 Å². The molecule has 1 aliphatic rings. The van der Waals surface area contributed by atoms with Crippen molar-refractivity contribution in [1.29, 1.82) is 0 Å². The zero-order valence-corrected chi connectivity index (χ0v) is 32.1. The van der Waals surface area contributed by atoms with Crippen LogP contribution >= 0.6 is 11.8 Å². The van der Waals surface area contributed by atoms with E-state index >= 15 is 0 Å². The van der Waals surface area contributed by atoms with Crippen molar-refractivity contribution < 1.29 is 9.90 Å². The molecule has 9 aromatic rings. The van der Waals surface area contributed by atoms with Gasteiger partial charge < -0.3 is 4.42 Å². The molecule has 0 aliphatic carbocycles. The third-order valence-corrected chi connectivity index (χ3v) is 17.2. The standard InChI is InChI=1S/C49H40N2OSSi/c1-32-36-21-11-14-27-44(36)53-47-37(32)22-16-28-45(47)54(33-17-7-5-8-18-33,34-19-9-6-10-20-34)35-29-30-38(40(31-35)49(2,3)4)39-23-15-25-42-46(39)50-48-51(42)41-24-12-13-26-43(41)52-48/h5-32H,1-4H3/i1D3,32D. The highest BCUT2D eigenvalue weighted by Gasteiger charge is 2.45. The maximum atomic E-state index is 9.95. The van der Waals surface area contributed by atoms with Crippen LogP contribution in [0.25, 0.3) is 39.1 Å². The Kier molecular flexibility index (Phi) is 6.66. The molecule has 5 heteroatoms. The van der Waals surface area contributed by atoms with Crippen LogP contribution in [0, 0.1) is 0 Å². The van der Waals surface area contributed by atoms with Crippen molar-refractivity contribution in [1.82, 2.24) is 9.38 Å². The molecule has 0 N–H and O–H groups in total. The van der Waals surface area contributed by atoms with Gasteiger partial charge in [-0.1, -0.05) is 179 Å². The zero-order chi connectivity index (χ0) is 40.0. The minimum Gasteiger partial charge on any atom is -0.423 e. The number of para-hydroxylation sites is 3. The first-order valence-electron chi connectivity index (χ1n) is 20.4. The van der Waals surface area contributed by atoms with Gasteiger partial charge in [0.05, 0.1) is 11.0 Å². The summed E-state index contributed by atoms with van der Waals surface area (Å²) in [6.07, 6.45) is 0. The fourth-order valence-electron chi connectivity index (χ4n) is 8.56. The minimum atomic E-state index is -3.28. The van der Waals surface area contributed by atoms with Gasteiger partial charge in [-0.25, -0.2) is 0 Å². The first-order valence-corrected chi connectivity index (χ1v) is 21.2. The first kappa shape index (κ1) is 28.8. The van der Waals surface area contributed by atoms with Crippen LogP contribution in [0.1, 0.15) is 55.7 Å². The lowest BCUT2D eigenvalue weighted by Gasteiger charge is -2.39. The minimum absolute atomic E-state index is 0.284. The number of imidazole rings is 1. The molecule has 3 nitrogen and oxygen atoms in total. The van der Waals surface area contributed by atoms with E-state index in [0.717, 1.165) is 48.2 Å². The summed E-state index contributed by atoms with van der Waals surface area (Å²) in [7, 11) is -3.28. The molecule has 0 fully saturated rings. The van der Waals surface area contributed by atoms with E-state index in [1.54, 1.807) is 11.8 Å². The van der Waals surface area contributed by atoms with E-state index in [0.29, 0.717) is 17.0 Å². The number of fused-ring (bicyclic) bond motifs is 7. The highest BCUT2D eigenvalue weighted by Crippen LogP contribution is 2.45. The predicted molar refractivity (Wildman–Crippen MR) is 228 cm³/mol. The molecule has 7 aromatic carbocycles. The third-order valence-electron chi connectivity index (χ3n) is 11.0. The van der Waals surface area contributed by atoms with Crippen LogP contribution < -0.4 is 20.7 Å². The van der Waals surface area contributed by atoms with E-state index in [2.05, 4.69) is 134 Å². The topological polar surface area (TPSA) is 30.4 Å². The molecule has 3 heterocycles. The molecule has 0 saturated carbocycles. The summed E-state index contributed by atoms with van der Waals surface area (Å²) in [6, 6.07) is 56.4. The Morgan fingerprint density at radius 3 is 2.09 bits per heavy atom. The molecule has 2 aromatic heterocycles. The molecule has 1 aliphatic heterocycles. The summed E-state index contributed by atoms with van der Waals surface area (Å²) >= 11 is 1.60. The van der Waals surface area contributed by atoms with Gasteiger partial charge in [0, 0.05) is 26.7 Å². The van der Waals surface area contributed by atoms with E-state index < -0.39 is 20.8 Å². The van der Waals surface area contributed by atoms with E-state index in [4.69, 9.17) is 13.5 Å². The summed E-state index contributed by atoms with van der Waals surface area (Å²) in [5, 5.41) is 4.59. The first-order chi connectivity index (χ1) is 27.9. The van der Waals surface area contributed by atoms with Gasteiger partial charge in [-0.3, -0.25) is 4.40 Å². The van der Waals surface area contributed by atoms with Crippen LogP contribution in [0.5, 0.6) is 0 Å². The molecule has 1 atom stereocenters. The van der Waals surface area contributed by atoms with Crippen molar-refractivity contribution >= 4 is 68.6 Å². The van der Waals surface area contributed by atoms with Gasteiger partial charge in [0.25, 0.3) is 0 Å². The Hall–Kier alpha value is -5.62. The average molecular weight is 737 g/mol. The lowest BCUT2D eigenvalue weighted by atomic mass is 9.81. The number of nitrogens with zero attached hydrogens (tertiary/aromatic N) is 2. The molecular formula is C49H40N2OSSi. The maximum absolute atomic E-state index is 9.95. The van der Waals surface area contributed by atoms with Gasteiger partial charge in [0.15, 0.2) is 13.7 Å². The molecular weight excluding hydrogens is 693 g/mol. The lowest BCUT2D eigenvalue weighted by molar-refractivity contribution is 0.592. The van der Waals surface area contributed by atoms with Crippen LogP contribution in [0.2, 0.25) is 0 Å². The van der Waals surface area contributed by atoms with Crippen molar-refractivity contribution in [2.24, 2.45) is 0 Å². The van der Waals surface area contributed by atoms with Gasteiger partial charge in [0.1, 0.15) is 5.52 Å². The highest BCUT2D eigenvalue weighted by atomic mass is 32.2. The molecule has 0 amide bonds. The van der Waals surface area contributed by atoms with Crippen LogP contribution in [0.15, 0.2) is 178 Å². The largest absolute Gasteiger partial charge is 0.423 e. The van der Waals surface area contributed by atoms with Crippen molar-refractivity contribution in [2.75, 3.05) is 0 Å². The predicted octanol–water partition coefficient (Wildman–Crippen LogP) is 10.2. The molecule has 262 valence electrons. The molecule has 1 unspecified atom stereocenters. The average Bonchev–Trinajstić information content (AvgIpc) is 3.78. The molecule has 54 heavy (non-hydrogen) atoms. The SMILES string of the molecule is [2H]C([2H])([2H])C1([2H])c2ccccc2Sc2c1cccc2[Si](c1ccccc1)(c1ccccc1)c1ccc(-c2cccc3c2nc2oc4ccccc4n23)c(C(C)(C)C)c1. The highest BCUT2D eigenvalue weighted by molar-refractivity contribution is 7.99. The molecule has 0 spiro atoms. The van der Waals surface area contributed by atoms with Crippen LogP contribution in [-0.2, 0) is 5.41 Å². The molecule has 0 saturated heterocycles. The van der Waals surface area contributed by atoms with E-state index in [9.17, 15) is 1.37 Å².